The summed E-state index contributed by atoms with van der Waals surface area (Å²) in [4.78, 5) is 26.5. The summed E-state index contributed by atoms with van der Waals surface area (Å²) in [5.41, 5.74) is 5.44. The molecule has 1 unspecified atom stereocenters. The minimum atomic E-state index is -0.350. The van der Waals surface area contributed by atoms with Crippen LogP contribution in [0.5, 0.6) is 0 Å². The Morgan fingerprint density at radius 3 is 2.44 bits per heavy atom. The van der Waals surface area contributed by atoms with Crippen LogP contribution < -0.4 is 5.73 Å². The summed E-state index contributed by atoms with van der Waals surface area (Å²) in [6, 6.07) is -0.0219. The lowest BCUT2D eigenvalue weighted by molar-refractivity contribution is -0.145. The Morgan fingerprint density at radius 1 is 1.22 bits per heavy atom. The molecule has 0 bridgehead atoms. The zero-order chi connectivity index (χ0) is 12.8. The van der Waals surface area contributed by atoms with Crippen molar-refractivity contribution in [3.05, 3.63) is 0 Å². The van der Waals surface area contributed by atoms with Crippen molar-refractivity contribution in [3.8, 4) is 0 Å². The molecule has 1 atom stereocenters. The third-order valence-electron chi connectivity index (χ3n) is 4.98. The topological polar surface area (TPSA) is 63.4 Å². The molecule has 2 N–H and O–H groups in total. The van der Waals surface area contributed by atoms with Crippen LogP contribution in [0.2, 0.25) is 0 Å². The maximum atomic E-state index is 12.7. The average molecular weight is 250 g/mol. The Morgan fingerprint density at radius 2 is 1.89 bits per heavy atom. The van der Waals surface area contributed by atoms with Crippen molar-refractivity contribution >= 4 is 11.8 Å². The molecule has 1 spiro atoms. The molecular formula is C14H22N2O2. The fourth-order valence-corrected chi connectivity index (χ4v) is 3.76. The SMILES string of the molecule is NCC(C1CC1)N1C(=O)CC2(CCCCC2)C1=O. The molecule has 1 saturated heterocycles. The summed E-state index contributed by atoms with van der Waals surface area (Å²) >= 11 is 0. The first kappa shape index (κ1) is 12.2. The zero-order valence-corrected chi connectivity index (χ0v) is 10.9. The van der Waals surface area contributed by atoms with E-state index in [1.165, 1.54) is 6.42 Å². The van der Waals surface area contributed by atoms with Crippen molar-refractivity contribution in [2.45, 2.75) is 57.4 Å². The van der Waals surface area contributed by atoms with Gasteiger partial charge < -0.3 is 5.73 Å². The van der Waals surface area contributed by atoms with Gasteiger partial charge in [0.2, 0.25) is 11.8 Å². The normalized spacial score (nSPS) is 29.1. The van der Waals surface area contributed by atoms with E-state index < -0.39 is 0 Å². The lowest BCUT2D eigenvalue weighted by Crippen LogP contribution is -2.47. The van der Waals surface area contributed by atoms with Gasteiger partial charge in [-0.3, -0.25) is 14.5 Å². The van der Waals surface area contributed by atoms with Crippen molar-refractivity contribution in [1.29, 1.82) is 0 Å². The highest BCUT2D eigenvalue weighted by atomic mass is 16.2. The Bertz CT molecular complexity index is 370. The molecule has 4 heteroatoms. The fourth-order valence-electron chi connectivity index (χ4n) is 3.76. The number of carbonyl (C=O) groups excluding carboxylic acids is 2. The molecule has 4 nitrogen and oxygen atoms in total. The van der Waals surface area contributed by atoms with E-state index >= 15 is 0 Å². The molecule has 3 fully saturated rings. The van der Waals surface area contributed by atoms with Gasteiger partial charge in [-0.2, -0.15) is 0 Å². The van der Waals surface area contributed by atoms with E-state index in [9.17, 15) is 9.59 Å². The second-order valence-electron chi connectivity index (χ2n) is 6.23. The molecule has 3 rings (SSSR count). The number of likely N-dealkylation sites (tertiary alicyclic amines) is 1. The van der Waals surface area contributed by atoms with Crippen LogP contribution in [-0.4, -0.2) is 29.3 Å². The summed E-state index contributed by atoms with van der Waals surface area (Å²) in [5, 5.41) is 0. The number of rotatable bonds is 3. The van der Waals surface area contributed by atoms with E-state index in [2.05, 4.69) is 0 Å². The summed E-state index contributed by atoms with van der Waals surface area (Å²) < 4.78 is 0. The smallest absolute Gasteiger partial charge is 0.236 e. The molecule has 0 radical (unpaired) electrons. The number of imide groups is 1. The summed E-state index contributed by atoms with van der Waals surface area (Å²) in [6.07, 6.45) is 7.85. The van der Waals surface area contributed by atoms with Crippen molar-refractivity contribution < 1.29 is 9.59 Å². The van der Waals surface area contributed by atoms with Gasteiger partial charge in [0.05, 0.1) is 11.5 Å². The summed E-state index contributed by atoms with van der Waals surface area (Å²) in [5.74, 6) is 0.598. The van der Waals surface area contributed by atoms with E-state index in [1.807, 2.05) is 0 Å². The minimum Gasteiger partial charge on any atom is -0.328 e. The molecular weight excluding hydrogens is 228 g/mol. The molecule has 0 aromatic carbocycles. The molecule has 2 saturated carbocycles. The van der Waals surface area contributed by atoms with E-state index in [-0.39, 0.29) is 23.3 Å². The lowest BCUT2D eigenvalue weighted by Gasteiger charge is -2.32. The highest BCUT2D eigenvalue weighted by molar-refractivity contribution is 6.06. The molecule has 1 heterocycles. The second kappa shape index (κ2) is 4.34. The number of hydrogen-bond acceptors (Lipinski definition) is 3. The van der Waals surface area contributed by atoms with Crippen molar-refractivity contribution in [1.82, 2.24) is 4.90 Å². The van der Waals surface area contributed by atoms with Crippen LogP contribution in [0.15, 0.2) is 0 Å². The van der Waals surface area contributed by atoms with Crippen molar-refractivity contribution in [2.75, 3.05) is 6.54 Å². The third-order valence-corrected chi connectivity index (χ3v) is 4.98. The van der Waals surface area contributed by atoms with Gasteiger partial charge in [0.15, 0.2) is 0 Å². The molecule has 0 aromatic heterocycles. The first-order valence-corrected chi connectivity index (χ1v) is 7.24. The first-order valence-electron chi connectivity index (χ1n) is 7.24. The number of nitrogens with zero attached hydrogens (tertiary/aromatic N) is 1. The van der Waals surface area contributed by atoms with E-state index in [0.29, 0.717) is 18.9 Å². The Kier molecular flexibility index (Phi) is 2.93. The van der Waals surface area contributed by atoms with Gasteiger partial charge in [-0.25, -0.2) is 0 Å². The van der Waals surface area contributed by atoms with Crippen LogP contribution >= 0.6 is 0 Å². The molecule has 100 valence electrons. The van der Waals surface area contributed by atoms with Crippen LogP contribution in [0.4, 0.5) is 0 Å². The maximum absolute atomic E-state index is 12.7. The number of amides is 2. The Hall–Kier alpha value is -0.900. The Balaban J connectivity index is 1.83. The van der Waals surface area contributed by atoms with Crippen molar-refractivity contribution in [3.63, 3.8) is 0 Å². The monoisotopic (exact) mass is 250 g/mol. The second-order valence-corrected chi connectivity index (χ2v) is 6.23. The highest BCUT2D eigenvalue weighted by Crippen LogP contribution is 2.47. The van der Waals surface area contributed by atoms with Gasteiger partial charge in [0.25, 0.3) is 0 Å². The summed E-state index contributed by atoms with van der Waals surface area (Å²) in [6.45, 7) is 0.429. The maximum Gasteiger partial charge on any atom is 0.236 e. The highest BCUT2D eigenvalue weighted by Gasteiger charge is 2.54. The predicted octanol–water partition coefficient (Wildman–Crippen LogP) is 1.43. The minimum absolute atomic E-state index is 0.0219. The lowest BCUT2D eigenvalue weighted by atomic mass is 9.73. The van der Waals surface area contributed by atoms with Crippen molar-refractivity contribution in [2.24, 2.45) is 17.1 Å². The zero-order valence-electron chi connectivity index (χ0n) is 10.9. The van der Waals surface area contributed by atoms with E-state index in [1.54, 1.807) is 4.90 Å². The van der Waals surface area contributed by atoms with E-state index in [4.69, 9.17) is 5.73 Å². The molecule has 1 aliphatic heterocycles. The standard InChI is InChI=1S/C14H22N2O2/c15-9-11(10-4-5-10)16-12(17)8-14(13(16)18)6-2-1-3-7-14/h10-11H,1-9,15H2. The number of nitrogens with two attached hydrogens (primary N) is 1. The molecule has 2 amide bonds. The van der Waals surface area contributed by atoms with Gasteiger partial charge in [-0.15, -0.1) is 0 Å². The fraction of sp³-hybridized carbons (Fsp3) is 0.857. The van der Waals surface area contributed by atoms with E-state index in [0.717, 1.165) is 38.5 Å². The molecule has 18 heavy (non-hydrogen) atoms. The van der Waals surface area contributed by atoms with Gasteiger partial charge in [-0.05, 0) is 31.6 Å². The van der Waals surface area contributed by atoms with Crippen LogP contribution in [0.25, 0.3) is 0 Å². The summed E-state index contributed by atoms with van der Waals surface area (Å²) in [7, 11) is 0. The van der Waals surface area contributed by atoms with Gasteiger partial charge >= 0.3 is 0 Å². The predicted molar refractivity (Wildman–Crippen MR) is 67.6 cm³/mol. The van der Waals surface area contributed by atoms with Gasteiger partial charge in [0.1, 0.15) is 0 Å². The average Bonchev–Trinajstić information content (AvgIpc) is 3.16. The van der Waals surface area contributed by atoms with Gasteiger partial charge in [0, 0.05) is 13.0 Å². The number of carbonyl (C=O) groups is 2. The first-order chi connectivity index (χ1) is 8.68. The van der Waals surface area contributed by atoms with Crippen LogP contribution in [0.1, 0.15) is 51.4 Å². The number of hydrogen-bond donors (Lipinski definition) is 1. The largest absolute Gasteiger partial charge is 0.328 e. The molecule has 2 aliphatic carbocycles. The Labute approximate surface area is 108 Å². The van der Waals surface area contributed by atoms with Crippen LogP contribution in [0.3, 0.4) is 0 Å². The van der Waals surface area contributed by atoms with Gasteiger partial charge in [-0.1, -0.05) is 19.3 Å². The molecule has 0 aromatic rings. The van der Waals surface area contributed by atoms with Crippen LogP contribution in [0, 0.1) is 11.3 Å². The third kappa shape index (κ3) is 1.78. The molecule has 3 aliphatic rings. The van der Waals surface area contributed by atoms with Crippen LogP contribution in [-0.2, 0) is 9.59 Å². The quantitative estimate of drug-likeness (QED) is 0.771.